The summed E-state index contributed by atoms with van der Waals surface area (Å²) in [6.45, 7) is 1.95. The molecule has 3 aromatic rings. The van der Waals surface area contributed by atoms with Crippen LogP contribution in [-0.2, 0) is 13.3 Å². The molecule has 0 aliphatic heterocycles. The van der Waals surface area contributed by atoms with Crippen molar-refractivity contribution in [3.63, 3.8) is 0 Å². The van der Waals surface area contributed by atoms with Crippen LogP contribution in [0.5, 0.6) is 17.2 Å². The zero-order chi connectivity index (χ0) is 20.9. The van der Waals surface area contributed by atoms with Gasteiger partial charge in [0.1, 0.15) is 17.2 Å². The molecule has 0 spiro atoms. The number of hydrogen-bond donors (Lipinski definition) is 0. The highest BCUT2D eigenvalue weighted by Gasteiger charge is 2.40. The first kappa shape index (κ1) is 21.9. The number of ether oxygens (including phenoxy) is 3. The predicted molar refractivity (Wildman–Crippen MR) is 115 cm³/mol. The van der Waals surface area contributed by atoms with E-state index in [2.05, 4.69) is 0 Å². The third-order valence-corrected chi connectivity index (χ3v) is 6.71. The minimum Gasteiger partial charge on any atom is -0.468 e. The number of para-hydroxylation sites is 3. The molecule has 6 nitrogen and oxygen atoms in total. The molecule has 0 amide bonds. The Labute approximate surface area is 178 Å². The van der Waals surface area contributed by atoms with Crippen LogP contribution in [0.1, 0.15) is 6.92 Å². The van der Waals surface area contributed by atoms with E-state index in [1.165, 1.54) is 0 Å². The van der Waals surface area contributed by atoms with Gasteiger partial charge >= 0.3 is 8.80 Å². The molecular weight excluding hydrogens is 400 g/mol. The van der Waals surface area contributed by atoms with Crippen molar-refractivity contribution in [2.24, 2.45) is 0 Å². The van der Waals surface area contributed by atoms with Crippen LogP contribution in [0.4, 0.5) is 0 Å². The molecule has 0 saturated carbocycles. The molecule has 0 aliphatic rings. The van der Waals surface area contributed by atoms with Crippen LogP contribution in [0.25, 0.3) is 0 Å². The highest BCUT2D eigenvalue weighted by molar-refractivity contribution is 6.60. The largest absolute Gasteiger partial charge is 0.508 e. The minimum atomic E-state index is -3.11. The van der Waals surface area contributed by atoms with Crippen LogP contribution in [0, 0.1) is 0 Å². The summed E-state index contributed by atoms with van der Waals surface area (Å²) < 4.78 is 34.9. The van der Waals surface area contributed by atoms with Gasteiger partial charge in [0, 0.05) is 6.04 Å². The predicted octanol–water partition coefficient (Wildman–Crippen LogP) is 5.10. The normalized spacial score (nSPS) is 11.1. The molecule has 0 aromatic heterocycles. The molecule has 7 heteroatoms. The summed E-state index contributed by atoms with van der Waals surface area (Å²) in [4.78, 5) is 0. The Morgan fingerprint density at radius 2 is 0.800 bits per heavy atom. The number of benzene rings is 3. The van der Waals surface area contributed by atoms with Crippen molar-refractivity contribution in [1.29, 1.82) is 0 Å². The third kappa shape index (κ3) is 7.20. The van der Waals surface area contributed by atoms with Crippen molar-refractivity contribution >= 4 is 8.80 Å². The Hall–Kier alpha value is -2.84. The summed E-state index contributed by atoms with van der Waals surface area (Å²) in [5, 5.41) is 0. The van der Waals surface area contributed by atoms with Crippen LogP contribution in [0.3, 0.4) is 0 Å². The van der Waals surface area contributed by atoms with Crippen LogP contribution in [0.15, 0.2) is 91.0 Å². The van der Waals surface area contributed by atoms with Gasteiger partial charge in [-0.15, -0.1) is 0 Å². The average molecular weight is 427 g/mol. The molecule has 0 unspecified atom stereocenters. The molecule has 0 radical (unpaired) electrons. The summed E-state index contributed by atoms with van der Waals surface area (Å²) in [5.41, 5.74) is 0. The van der Waals surface area contributed by atoms with Gasteiger partial charge in [-0.3, -0.25) is 0 Å². The molecule has 3 rings (SSSR count). The standard InChI is InChI=1S/C23H26O6Si/c1-2-30(27-18-24-21-12-6-3-7-13-21,28-19-25-22-14-8-4-9-15-22)29-20-26-23-16-10-5-11-17-23/h3-17H,2,18-20H2,1H3. The van der Waals surface area contributed by atoms with Crippen LogP contribution < -0.4 is 14.2 Å². The maximum Gasteiger partial charge on any atom is 0.508 e. The SMILES string of the molecule is CC[Si](OCOc1ccccc1)(OCOc1ccccc1)OCOc1ccccc1. The van der Waals surface area contributed by atoms with Crippen LogP contribution >= 0.6 is 0 Å². The first-order valence-electron chi connectivity index (χ1n) is 9.75. The van der Waals surface area contributed by atoms with E-state index in [9.17, 15) is 0 Å². The van der Waals surface area contributed by atoms with Crippen molar-refractivity contribution in [3.05, 3.63) is 91.0 Å². The maximum atomic E-state index is 5.97. The van der Waals surface area contributed by atoms with E-state index in [1.54, 1.807) is 0 Å². The fraction of sp³-hybridized carbons (Fsp3) is 0.217. The second kappa shape index (κ2) is 12.0. The molecule has 158 valence electrons. The Bertz CT molecular complexity index is 721. The first-order chi connectivity index (χ1) is 14.8. The fourth-order valence-corrected chi connectivity index (χ4v) is 4.12. The van der Waals surface area contributed by atoms with E-state index in [0.29, 0.717) is 23.3 Å². The van der Waals surface area contributed by atoms with E-state index in [-0.39, 0.29) is 20.4 Å². The van der Waals surface area contributed by atoms with E-state index in [1.807, 2.05) is 97.9 Å². The Balaban J connectivity index is 1.56. The highest BCUT2D eigenvalue weighted by Crippen LogP contribution is 2.19. The number of hydrogen-bond acceptors (Lipinski definition) is 6. The molecule has 0 bridgehead atoms. The summed E-state index contributed by atoms with van der Waals surface area (Å²) >= 11 is 0. The van der Waals surface area contributed by atoms with E-state index < -0.39 is 8.80 Å². The number of rotatable bonds is 13. The van der Waals surface area contributed by atoms with Gasteiger partial charge in [0.05, 0.1) is 0 Å². The monoisotopic (exact) mass is 426 g/mol. The van der Waals surface area contributed by atoms with Gasteiger partial charge < -0.3 is 27.5 Å². The van der Waals surface area contributed by atoms with Gasteiger partial charge in [0.2, 0.25) is 0 Å². The van der Waals surface area contributed by atoms with Crippen LogP contribution in [0.2, 0.25) is 6.04 Å². The van der Waals surface area contributed by atoms with Gasteiger partial charge in [-0.1, -0.05) is 61.5 Å². The van der Waals surface area contributed by atoms with E-state index >= 15 is 0 Å². The maximum absolute atomic E-state index is 5.97. The van der Waals surface area contributed by atoms with Crippen LogP contribution in [-0.4, -0.2) is 29.2 Å². The minimum absolute atomic E-state index is 0.000744. The molecule has 30 heavy (non-hydrogen) atoms. The van der Waals surface area contributed by atoms with Gasteiger partial charge in [0.25, 0.3) is 0 Å². The lowest BCUT2D eigenvalue weighted by Crippen LogP contribution is -2.47. The van der Waals surface area contributed by atoms with Crippen molar-refractivity contribution in [2.75, 3.05) is 20.4 Å². The lowest BCUT2D eigenvalue weighted by atomic mass is 10.3. The zero-order valence-corrected chi connectivity index (χ0v) is 17.9. The van der Waals surface area contributed by atoms with Crippen molar-refractivity contribution in [1.82, 2.24) is 0 Å². The fourth-order valence-electron chi connectivity index (χ4n) is 2.54. The summed E-state index contributed by atoms with van der Waals surface area (Å²) in [7, 11) is -3.11. The topological polar surface area (TPSA) is 55.4 Å². The molecule has 0 N–H and O–H groups in total. The van der Waals surface area contributed by atoms with E-state index in [4.69, 9.17) is 27.5 Å². The summed E-state index contributed by atoms with van der Waals surface area (Å²) in [6, 6.07) is 28.8. The first-order valence-corrected chi connectivity index (χ1v) is 11.7. The zero-order valence-electron chi connectivity index (χ0n) is 16.9. The lowest BCUT2D eigenvalue weighted by Gasteiger charge is -2.28. The van der Waals surface area contributed by atoms with E-state index in [0.717, 1.165) is 0 Å². The lowest BCUT2D eigenvalue weighted by molar-refractivity contribution is -0.0460. The van der Waals surface area contributed by atoms with Crippen molar-refractivity contribution in [2.45, 2.75) is 13.0 Å². The Morgan fingerprint density at radius 1 is 0.500 bits per heavy atom. The van der Waals surface area contributed by atoms with Crippen molar-refractivity contribution < 1.29 is 27.5 Å². The van der Waals surface area contributed by atoms with Crippen molar-refractivity contribution in [3.8, 4) is 17.2 Å². The van der Waals surface area contributed by atoms with Gasteiger partial charge in [-0.05, 0) is 36.4 Å². The van der Waals surface area contributed by atoms with Gasteiger partial charge in [-0.25, -0.2) is 0 Å². The molecule has 0 atom stereocenters. The highest BCUT2D eigenvalue weighted by atomic mass is 28.4. The third-order valence-electron chi connectivity index (χ3n) is 4.18. The average Bonchev–Trinajstić information content (AvgIpc) is 2.81. The summed E-state index contributed by atoms with van der Waals surface area (Å²) in [5.74, 6) is 2.12. The summed E-state index contributed by atoms with van der Waals surface area (Å²) in [6.07, 6.45) is 0. The molecule has 3 aromatic carbocycles. The Kier molecular flexibility index (Phi) is 8.74. The van der Waals surface area contributed by atoms with Gasteiger partial charge in [-0.2, -0.15) is 0 Å². The quantitative estimate of drug-likeness (QED) is 0.280. The second-order valence-electron chi connectivity index (χ2n) is 6.20. The Morgan fingerprint density at radius 3 is 1.07 bits per heavy atom. The molecular formula is C23H26O6Si. The second-order valence-corrected chi connectivity index (χ2v) is 9.13. The smallest absolute Gasteiger partial charge is 0.468 e. The molecule has 0 heterocycles. The molecule has 0 aliphatic carbocycles. The molecule has 0 fully saturated rings. The molecule has 0 saturated heterocycles. The van der Waals surface area contributed by atoms with Gasteiger partial charge in [0.15, 0.2) is 20.4 Å².